The molecule has 11 atom stereocenters. The molecular weight excluding hydrogens is 702 g/mol. The average molecular weight is 759 g/mol. The van der Waals surface area contributed by atoms with E-state index in [0.717, 1.165) is 70.6 Å². The number of carbonyl (C=O) groups excluding carboxylic acids is 3. The first kappa shape index (κ1) is 38.4. The van der Waals surface area contributed by atoms with Gasteiger partial charge >= 0.3 is 33.3 Å². The summed E-state index contributed by atoms with van der Waals surface area (Å²) in [6.45, 7) is 5.76. The van der Waals surface area contributed by atoms with Crippen molar-refractivity contribution >= 4 is 28.0 Å². The molecule has 1 spiro atoms. The minimum Gasteiger partial charge on any atom is -0.462 e. The highest BCUT2D eigenvalue weighted by molar-refractivity contribution is 7.87. The van der Waals surface area contributed by atoms with Crippen LogP contribution in [0.25, 0.3) is 0 Å². The van der Waals surface area contributed by atoms with Crippen LogP contribution in [-0.4, -0.2) is 72.9 Å². The third-order valence-corrected chi connectivity index (χ3v) is 15.0. The van der Waals surface area contributed by atoms with Gasteiger partial charge in [-0.3, -0.25) is 14.1 Å². The monoisotopic (exact) mass is 758 g/mol. The summed E-state index contributed by atoms with van der Waals surface area (Å²) in [7, 11) is -6.03. The third kappa shape index (κ3) is 6.93. The quantitative estimate of drug-likeness (QED) is 0.151. The van der Waals surface area contributed by atoms with E-state index in [-0.39, 0.29) is 44.4 Å². The van der Waals surface area contributed by atoms with Crippen LogP contribution < -0.4 is 0 Å². The first-order valence-electron chi connectivity index (χ1n) is 19.7. The van der Waals surface area contributed by atoms with E-state index >= 15 is 0 Å². The molecule has 0 aromatic heterocycles. The van der Waals surface area contributed by atoms with Crippen molar-refractivity contribution in [1.82, 2.24) is 0 Å². The molecule has 7 aliphatic rings. The Morgan fingerprint density at radius 2 is 1.38 bits per heavy atom. The van der Waals surface area contributed by atoms with Gasteiger partial charge in [0.05, 0.1) is 10.8 Å². The van der Waals surface area contributed by atoms with Crippen LogP contribution in [0.2, 0.25) is 0 Å². The van der Waals surface area contributed by atoms with Gasteiger partial charge in [-0.2, -0.15) is 17.2 Å². The molecule has 1 saturated heterocycles. The Labute approximate surface area is 305 Å². The van der Waals surface area contributed by atoms with Crippen LogP contribution in [0.3, 0.4) is 0 Å². The van der Waals surface area contributed by atoms with E-state index in [4.69, 9.17) is 28.2 Å². The minimum atomic E-state index is -6.03. The highest BCUT2D eigenvalue weighted by Crippen LogP contribution is 2.58. The molecule has 1 N–H and O–H groups in total. The van der Waals surface area contributed by atoms with Crippen LogP contribution >= 0.6 is 0 Å². The molecule has 0 aromatic rings. The van der Waals surface area contributed by atoms with Crippen molar-refractivity contribution in [2.24, 2.45) is 46.3 Å². The van der Waals surface area contributed by atoms with Crippen molar-refractivity contribution in [2.45, 2.75) is 159 Å². The molecule has 6 aliphatic carbocycles. The van der Waals surface area contributed by atoms with Crippen molar-refractivity contribution in [3.63, 3.8) is 0 Å². The summed E-state index contributed by atoms with van der Waals surface area (Å²) in [5.41, 5.74) is -2.54. The van der Waals surface area contributed by atoms with Crippen LogP contribution in [0.4, 0.5) is 8.78 Å². The zero-order valence-corrected chi connectivity index (χ0v) is 31.6. The number of hydrogen-bond donors (Lipinski definition) is 1. The van der Waals surface area contributed by atoms with Crippen molar-refractivity contribution in [3.8, 4) is 0 Å². The van der Waals surface area contributed by atoms with Gasteiger partial charge in [0.1, 0.15) is 31.0 Å². The van der Waals surface area contributed by atoms with Crippen LogP contribution in [0.5, 0.6) is 0 Å². The zero-order chi connectivity index (χ0) is 37.3. The molecule has 14 heteroatoms. The first-order valence-corrected chi connectivity index (χ1v) is 21.1. The normalized spacial score (nSPS) is 44.5. The summed E-state index contributed by atoms with van der Waals surface area (Å²) in [5.74, 6) is -3.14. The zero-order valence-electron chi connectivity index (χ0n) is 30.7. The average Bonchev–Trinajstić information content (AvgIpc) is 3.44. The molecule has 52 heavy (non-hydrogen) atoms. The molecule has 0 amide bonds. The molecule has 1 aliphatic heterocycles. The SMILES string of the molecule is CC1CC2CCCC(C(=O)OCC3OC4(OC3COC(=O)C3(C)CC5CCCC(C5)C3)C(C)CC3(OC(=O)C(F)(F)S(=O)(=O)O)CCCC4C3)(C1)C2. The van der Waals surface area contributed by atoms with Crippen molar-refractivity contribution < 1.29 is 59.8 Å². The number of alkyl halides is 2. The Morgan fingerprint density at radius 1 is 0.788 bits per heavy atom. The van der Waals surface area contributed by atoms with Gasteiger partial charge in [0.25, 0.3) is 0 Å². The number of hydrogen-bond acceptors (Lipinski definition) is 10. The molecule has 11 nitrogen and oxygen atoms in total. The summed E-state index contributed by atoms with van der Waals surface area (Å²) in [6, 6.07) is 0. The van der Waals surface area contributed by atoms with Crippen LogP contribution in [0.15, 0.2) is 0 Å². The van der Waals surface area contributed by atoms with E-state index in [2.05, 4.69) is 6.92 Å². The second kappa shape index (κ2) is 13.7. The lowest BCUT2D eigenvalue weighted by molar-refractivity contribution is -0.294. The van der Waals surface area contributed by atoms with Gasteiger partial charge in [0.2, 0.25) is 0 Å². The fourth-order valence-corrected chi connectivity index (χ4v) is 12.5. The molecule has 7 rings (SSSR count). The molecule has 0 aromatic carbocycles. The lowest BCUT2D eigenvalue weighted by atomic mass is 9.59. The molecule has 11 unspecified atom stereocenters. The Balaban J connectivity index is 1.09. The number of fused-ring (bicyclic) bond motifs is 7. The minimum absolute atomic E-state index is 0.0268. The Bertz CT molecular complexity index is 1500. The second-order valence-electron chi connectivity index (χ2n) is 18.3. The van der Waals surface area contributed by atoms with Crippen molar-refractivity contribution in [2.75, 3.05) is 13.2 Å². The number of carbonyl (C=O) groups is 3. The van der Waals surface area contributed by atoms with Gasteiger partial charge in [0, 0.05) is 11.8 Å². The number of halogens is 2. The van der Waals surface area contributed by atoms with Gasteiger partial charge in [-0.25, -0.2) is 4.79 Å². The van der Waals surface area contributed by atoms with Gasteiger partial charge in [-0.1, -0.05) is 46.0 Å². The summed E-state index contributed by atoms with van der Waals surface area (Å²) < 4.78 is 91.3. The summed E-state index contributed by atoms with van der Waals surface area (Å²) >= 11 is 0. The fraction of sp³-hybridized carbons (Fsp3) is 0.921. The van der Waals surface area contributed by atoms with E-state index < -0.39 is 67.6 Å². The smallest absolute Gasteiger partial charge is 0.462 e. The molecule has 1 heterocycles. The van der Waals surface area contributed by atoms with Crippen LogP contribution in [-0.2, 0) is 48.2 Å². The topological polar surface area (TPSA) is 152 Å². The largest absolute Gasteiger partial charge is 0.465 e. The highest BCUT2D eigenvalue weighted by Gasteiger charge is 2.65. The van der Waals surface area contributed by atoms with E-state index in [0.29, 0.717) is 36.5 Å². The maximum atomic E-state index is 14.3. The van der Waals surface area contributed by atoms with Gasteiger partial charge in [0.15, 0.2) is 5.79 Å². The second-order valence-corrected chi connectivity index (χ2v) is 19.8. The standard InChI is InChI=1S/C38H56F2O11S/c1-23-13-25-9-5-11-35(15-23,19-25)32(42)48-22-30-29(21-47-31(41)34(3)17-26-7-4-8-27(14-26)18-34)49-37(50-30)24(2)16-36(12-6-10-28(37)20-36)51-33(43)38(39,40)52(44,45)46/h23-30H,4-22H2,1-3H3,(H,44,45,46). The predicted octanol–water partition coefficient (Wildman–Crippen LogP) is 6.76. The predicted molar refractivity (Wildman–Crippen MR) is 181 cm³/mol. The Kier molecular flexibility index (Phi) is 10.1. The maximum absolute atomic E-state index is 14.3. The van der Waals surface area contributed by atoms with Gasteiger partial charge in [-0.05, 0) is 108 Å². The molecule has 0 radical (unpaired) electrons. The summed E-state index contributed by atoms with van der Waals surface area (Å²) in [4.78, 5) is 40.1. The lowest BCUT2D eigenvalue weighted by Gasteiger charge is -2.54. The van der Waals surface area contributed by atoms with E-state index in [1.165, 1.54) is 6.42 Å². The highest BCUT2D eigenvalue weighted by atomic mass is 32.2. The number of esters is 3. The fourth-order valence-electron chi connectivity index (χ4n) is 12.2. The Hall–Kier alpha value is -1.90. The van der Waals surface area contributed by atoms with Crippen molar-refractivity contribution in [1.29, 1.82) is 0 Å². The molecule has 6 bridgehead atoms. The molecule has 7 fully saturated rings. The van der Waals surface area contributed by atoms with Gasteiger partial charge in [-0.15, -0.1) is 0 Å². The van der Waals surface area contributed by atoms with Crippen LogP contribution in [0.1, 0.15) is 130 Å². The van der Waals surface area contributed by atoms with Crippen molar-refractivity contribution in [3.05, 3.63) is 0 Å². The van der Waals surface area contributed by atoms with E-state index in [1.807, 2.05) is 6.92 Å². The van der Waals surface area contributed by atoms with E-state index in [1.54, 1.807) is 6.92 Å². The molecule has 294 valence electrons. The molecular formula is C38H56F2O11S. The maximum Gasteiger partial charge on any atom is 0.465 e. The van der Waals surface area contributed by atoms with Crippen LogP contribution in [0, 0.1) is 46.3 Å². The number of ether oxygens (including phenoxy) is 5. The third-order valence-electron chi connectivity index (χ3n) is 14.2. The summed E-state index contributed by atoms with van der Waals surface area (Å²) in [6.07, 6.45) is 11.5. The van der Waals surface area contributed by atoms with E-state index in [9.17, 15) is 31.6 Å². The Morgan fingerprint density at radius 3 is 2.04 bits per heavy atom. The number of rotatable bonds is 9. The molecule has 6 saturated carbocycles. The summed E-state index contributed by atoms with van der Waals surface area (Å²) in [5, 5.41) is -5.11. The lowest BCUT2D eigenvalue weighted by Crippen LogP contribution is -2.60. The van der Waals surface area contributed by atoms with Gasteiger partial charge < -0.3 is 23.7 Å². The first-order chi connectivity index (χ1) is 24.4.